The molecule has 0 spiro atoms. The number of rotatable bonds is 4. The lowest BCUT2D eigenvalue weighted by atomic mass is 9.83. The van der Waals surface area contributed by atoms with Crippen LogP contribution >= 0.6 is 0 Å². The molecule has 2 heteroatoms. The molecule has 0 N–H and O–H groups in total. The van der Waals surface area contributed by atoms with Gasteiger partial charge in [0.15, 0.2) is 5.78 Å². The zero-order valence-electron chi connectivity index (χ0n) is 10.9. The lowest BCUT2D eigenvalue weighted by molar-refractivity contribution is -0.123. The average molecular weight is 229 g/mol. The van der Waals surface area contributed by atoms with Gasteiger partial charge < -0.3 is 0 Å². The number of nitrogens with zero attached hydrogens (tertiary/aromatic N) is 1. The van der Waals surface area contributed by atoms with E-state index in [0.29, 0.717) is 0 Å². The highest BCUT2D eigenvalue weighted by Gasteiger charge is 2.37. The summed E-state index contributed by atoms with van der Waals surface area (Å²) in [6.45, 7) is 7.22. The number of likely N-dealkylation sites (N-methyl/N-ethyl adjacent to an activating group) is 1. The van der Waals surface area contributed by atoms with E-state index in [1.165, 1.54) is 0 Å². The molecule has 1 aromatic rings. The van der Waals surface area contributed by atoms with Crippen molar-refractivity contribution >= 4 is 11.4 Å². The predicted octanol–water partition coefficient (Wildman–Crippen LogP) is 2.76. The summed E-state index contributed by atoms with van der Waals surface area (Å²) in [6, 6.07) is 9.78. The zero-order valence-corrected chi connectivity index (χ0v) is 10.9. The highest BCUT2D eigenvalue weighted by Crippen LogP contribution is 2.30. The van der Waals surface area contributed by atoms with Gasteiger partial charge in [0, 0.05) is 5.57 Å². The van der Waals surface area contributed by atoms with Crippen molar-refractivity contribution in [3.63, 3.8) is 0 Å². The largest absolute Gasteiger partial charge is 0.298 e. The molecule has 0 aromatic heterocycles. The molecule has 0 fully saturated rings. The maximum atomic E-state index is 12.0. The Balaban J connectivity index is 3.37. The van der Waals surface area contributed by atoms with Crippen LogP contribution in [-0.4, -0.2) is 30.3 Å². The highest BCUT2D eigenvalue weighted by molar-refractivity contribution is 6.00. The Morgan fingerprint density at radius 3 is 2.18 bits per heavy atom. The molecule has 0 saturated carbocycles. The topological polar surface area (TPSA) is 20.3 Å². The first-order valence-corrected chi connectivity index (χ1v) is 5.59. The Kier molecular flexibility index (Phi) is 4.06. The normalized spacial score (nSPS) is 13.9. The molecular weight excluding hydrogens is 210 g/mol. The number of ketones is 1. The summed E-state index contributed by atoms with van der Waals surface area (Å²) in [5.74, 6) is 0.0810. The van der Waals surface area contributed by atoms with Crippen molar-refractivity contribution in [2.24, 2.45) is 0 Å². The lowest BCUT2D eigenvalue weighted by Crippen LogP contribution is -2.48. The van der Waals surface area contributed by atoms with E-state index in [1.807, 2.05) is 56.3 Å². The summed E-state index contributed by atoms with van der Waals surface area (Å²) >= 11 is 0. The third-order valence-electron chi connectivity index (χ3n) is 3.31. The fraction of sp³-hybridized carbons (Fsp3) is 0.333. The maximum Gasteiger partial charge on any atom is 0.154 e. The molecule has 1 unspecified atom stereocenters. The van der Waals surface area contributed by atoms with Crippen LogP contribution in [0.3, 0.4) is 0 Å². The number of benzene rings is 1. The molecule has 1 aromatic carbocycles. The van der Waals surface area contributed by atoms with Crippen LogP contribution in [0.1, 0.15) is 19.4 Å². The minimum atomic E-state index is -0.691. The molecule has 0 heterocycles. The number of hydrogen-bond acceptors (Lipinski definition) is 2. The van der Waals surface area contributed by atoms with Gasteiger partial charge in [0.25, 0.3) is 0 Å². The maximum absolute atomic E-state index is 12.0. The molecule has 2 nitrogen and oxygen atoms in total. The van der Waals surface area contributed by atoms with Gasteiger partial charge in [-0.1, -0.05) is 36.9 Å². The van der Waals surface area contributed by atoms with E-state index >= 15 is 0 Å². The van der Waals surface area contributed by atoms with E-state index in [0.717, 1.165) is 11.1 Å². The summed E-state index contributed by atoms with van der Waals surface area (Å²) in [4.78, 5) is 13.8. The standard InChI is InChI=1S/C15H19NO/c1-6-14(13-10-8-7-9-11-13)15(3,12(2)17)16(4)5/h7-11H,1H2,2-5H3. The molecule has 0 aliphatic heterocycles. The van der Waals surface area contributed by atoms with Crippen LogP contribution in [0.25, 0.3) is 5.57 Å². The minimum absolute atomic E-state index is 0.0810. The van der Waals surface area contributed by atoms with E-state index in [1.54, 1.807) is 6.92 Å². The molecule has 0 aliphatic carbocycles. The van der Waals surface area contributed by atoms with Crippen LogP contribution in [-0.2, 0) is 4.79 Å². The average Bonchev–Trinajstić information content (AvgIpc) is 2.30. The summed E-state index contributed by atoms with van der Waals surface area (Å²) in [6.07, 6.45) is 0. The van der Waals surface area contributed by atoms with Crippen molar-refractivity contribution in [3.8, 4) is 0 Å². The third-order valence-corrected chi connectivity index (χ3v) is 3.31. The lowest BCUT2D eigenvalue weighted by Gasteiger charge is -2.35. The van der Waals surface area contributed by atoms with Gasteiger partial charge >= 0.3 is 0 Å². The Morgan fingerprint density at radius 2 is 1.82 bits per heavy atom. The zero-order chi connectivity index (χ0) is 13.1. The highest BCUT2D eigenvalue weighted by atomic mass is 16.1. The van der Waals surface area contributed by atoms with Gasteiger partial charge in [-0.3, -0.25) is 9.69 Å². The van der Waals surface area contributed by atoms with Gasteiger partial charge in [-0.05, 0) is 33.5 Å². The number of hydrogen-bond donors (Lipinski definition) is 0. The molecule has 0 radical (unpaired) electrons. The molecule has 0 saturated heterocycles. The molecule has 0 amide bonds. The third kappa shape index (κ3) is 2.38. The second-order valence-corrected chi connectivity index (χ2v) is 4.44. The van der Waals surface area contributed by atoms with Crippen LogP contribution in [0, 0.1) is 0 Å². The molecule has 90 valence electrons. The molecule has 0 bridgehead atoms. The molecule has 1 atom stereocenters. The van der Waals surface area contributed by atoms with E-state index in [9.17, 15) is 4.79 Å². The summed E-state index contributed by atoms with van der Waals surface area (Å²) in [7, 11) is 3.78. The van der Waals surface area contributed by atoms with Crippen molar-refractivity contribution < 1.29 is 4.79 Å². The fourth-order valence-electron chi connectivity index (χ4n) is 1.87. The fourth-order valence-corrected chi connectivity index (χ4v) is 1.87. The van der Waals surface area contributed by atoms with Gasteiger partial charge in [-0.25, -0.2) is 0 Å². The summed E-state index contributed by atoms with van der Waals surface area (Å²) in [5.41, 5.74) is 4.03. The predicted molar refractivity (Wildman–Crippen MR) is 71.8 cm³/mol. The summed E-state index contributed by atoms with van der Waals surface area (Å²) in [5, 5.41) is 0. The molecule has 17 heavy (non-hydrogen) atoms. The quantitative estimate of drug-likeness (QED) is 0.740. The van der Waals surface area contributed by atoms with Gasteiger partial charge in [-0.15, -0.1) is 5.73 Å². The van der Waals surface area contributed by atoms with Gasteiger partial charge in [0.1, 0.15) is 5.54 Å². The van der Waals surface area contributed by atoms with E-state index in [4.69, 9.17) is 0 Å². The minimum Gasteiger partial charge on any atom is -0.298 e. The first-order valence-electron chi connectivity index (χ1n) is 5.59. The second kappa shape index (κ2) is 5.13. The summed E-state index contributed by atoms with van der Waals surface area (Å²) < 4.78 is 0. The van der Waals surface area contributed by atoms with Gasteiger partial charge in [-0.2, -0.15) is 0 Å². The molecule has 0 aliphatic rings. The number of carbonyl (C=O) groups is 1. The second-order valence-electron chi connectivity index (χ2n) is 4.44. The monoisotopic (exact) mass is 229 g/mol. The van der Waals surface area contributed by atoms with Crippen LogP contribution < -0.4 is 0 Å². The van der Waals surface area contributed by atoms with Crippen LogP contribution in [0.4, 0.5) is 0 Å². The van der Waals surface area contributed by atoms with Crippen molar-refractivity contribution in [2.45, 2.75) is 19.4 Å². The van der Waals surface area contributed by atoms with Crippen molar-refractivity contribution in [1.82, 2.24) is 4.90 Å². The Labute approximate surface area is 103 Å². The van der Waals surface area contributed by atoms with Gasteiger partial charge in [0.05, 0.1) is 0 Å². The Bertz CT molecular complexity index is 455. The van der Waals surface area contributed by atoms with E-state index < -0.39 is 5.54 Å². The van der Waals surface area contributed by atoms with Crippen molar-refractivity contribution in [1.29, 1.82) is 0 Å². The first-order chi connectivity index (χ1) is 7.94. The SMILES string of the molecule is C=C=C(c1ccccc1)C(C)(C(C)=O)N(C)C. The van der Waals surface area contributed by atoms with E-state index in [-0.39, 0.29) is 5.78 Å². The number of carbonyl (C=O) groups excluding carboxylic acids is 1. The number of Topliss-reactive ketones (excluding diaryl/α,β-unsaturated/α-hetero) is 1. The molecule has 1 rings (SSSR count). The smallest absolute Gasteiger partial charge is 0.154 e. The van der Waals surface area contributed by atoms with Crippen molar-refractivity contribution in [3.05, 3.63) is 48.2 Å². The van der Waals surface area contributed by atoms with Crippen LogP contribution in [0.2, 0.25) is 0 Å². The van der Waals surface area contributed by atoms with Crippen LogP contribution in [0.15, 0.2) is 42.6 Å². The van der Waals surface area contributed by atoms with Crippen LogP contribution in [0.5, 0.6) is 0 Å². The van der Waals surface area contributed by atoms with E-state index in [2.05, 4.69) is 12.3 Å². The Hall–Kier alpha value is -1.63. The Morgan fingerprint density at radius 1 is 1.29 bits per heavy atom. The van der Waals surface area contributed by atoms with Gasteiger partial charge in [0.2, 0.25) is 0 Å². The first kappa shape index (κ1) is 13.4. The van der Waals surface area contributed by atoms with Crippen molar-refractivity contribution in [2.75, 3.05) is 14.1 Å². The molecular formula is C15H19NO.